The van der Waals surface area contributed by atoms with Crippen LogP contribution in [0.15, 0.2) is 59.9 Å². The quantitative estimate of drug-likeness (QED) is 0.413. The van der Waals surface area contributed by atoms with Crippen LogP contribution in [0, 0.1) is 0 Å². The molecule has 0 saturated carbocycles. The van der Waals surface area contributed by atoms with E-state index in [-0.39, 0.29) is 29.7 Å². The topological polar surface area (TPSA) is 118 Å². The standard InChI is InChI=1S/C25H24FN5O4S/c1-3-36(33,34)24-8-7-17(13-28-24)35-23-12-21-20(29-25(30-21)19-6-4-5-9-27-19)11-18(23)22-10-16(26)14-31(22)15(2)32/h4-9,11-13,16,22H,3,10,14H2,1-2H3,(H,29,30). The highest BCUT2D eigenvalue weighted by Gasteiger charge is 2.37. The Morgan fingerprint density at radius 2 is 2.06 bits per heavy atom. The number of likely N-dealkylation sites (tertiary alicyclic amines) is 1. The molecule has 1 aliphatic heterocycles. The zero-order valence-corrected chi connectivity index (χ0v) is 20.5. The van der Waals surface area contributed by atoms with Gasteiger partial charge in [-0.05, 0) is 30.3 Å². The number of aromatic nitrogens is 4. The molecule has 9 nitrogen and oxygen atoms in total. The van der Waals surface area contributed by atoms with E-state index in [9.17, 15) is 17.6 Å². The summed E-state index contributed by atoms with van der Waals surface area (Å²) in [5, 5.41) is -0.0425. The summed E-state index contributed by atoms with van der Waals surface area (Å²) in [5.41, 5.74) is 2.55. The van der Waals surface area contributed by atoms with Gasteiger partial charge in [0.15, 0.2) is 20.7 Å². The van der Waals surface area contributed by atoms with E-state index in [0.717, 1.165) is 0 Å². The van der Waals surface area contributed by atoms with Crippen LogP contribution in [0.4, 0.5) is 4.39 Å². The number of amides is 1. The first kappa shape index (κ1) is 23.9. The molecule has 1 aromatic carbocycles. The van der Waals surface area contributed by atoms with Gasteiger partial charge in [-0.1, -0.05) is 13.0 Å². The van der Waals surface area contributed by atoms with E-state index >= 15 is 0 Å². The molecule has 0 aliphatic carbocycles. The highest BCUT2D eigenvalue weighted by Crippen LogP contribution is 2.41. The van der Waals surface area contributed by atoms with Gasteiger partial charge in [0.25, 0.3) is 0 Å². The van der Waals surface area contributed by atoms with E-state index in [1.54, 1.807) is 19.2 Å². The molecule has 1 amide bonds. The number of pyridine rings is 2. The minimum Gasteiger partial charge on any atom is -0.455 e. The number of halogens is 1. The lowest BCUT2D eigenvalue weighted by molar-refractivity contribution is -0.129. The van der Waals surface area contributed by atoms with Gasteiger partial charge in [-0.2, -0.15) is 0 Å². The second kappa shape index (κ2) is 9.30. The lowest BCUT2D eigenvalue weighted by Crippen LogP contribution is -2.29. The highest BCUT2D eigenvalue weighted by molar-refractivity contribution is 7.91. The van der Waals surface area contributed by atoms with E-state index in [0.29, 0.717) is 39.6 Å². The van der Waals surface area contributed by atoms with Crippen LogP contribution in [0.5, 0.6) is 11.5 Å². The molecule has 186 valence electrons. The molecule has 1 aliphatic rings. The number of H-pyrrole nitrogens is 1. The van der Waals surface area contributed by atoms with Gasteiger partial charge in [0.2, 0.25) is 5.91 Å². The zero-order chi connectivity index (χ0) is 25.4. The molecule has 0 bridgehead atoms. The molecule has 11 heteroatoms. The monoisotopic (exact) mass is 509 g/mol. The Morgan fingerprint density at radius 1 is 1.22 bits per heavy atom. The van der Waals surface area contributed by atoms with E-state index in [1.807, 2.05) is 24.3 Å². The number of hydrogen-bond acceptors (Lipinski definition) is 7. The first-order valence-electron chi connectivity index (χ1n) is 11.5. The number of fused-ring (bicyclic) bond motifs is 1. The summed E-state index contributed by atoms with van der Waals surface area (Å²) in [6.07, 6.45) is 1.97. The number of nitrogens with one attached hydrogen (secondary N) is 1. The Kier molecular flexibility index (Phi) is 6.17. The Morgan fingerprint density at radius 3 is 2.72 bits per heavy atom. The first-order chi connectivity index (χ1) is 17.2. The number of benzene rings is 1. The van der Waals surface area contributed by atoms with Crippen molar-refractivity contribution in [3.8, 4) is 23.0 Å². The molecule has 36 heavy (non-hydrogen) atoms. The van der Waals surface area contributed by atoms with Crippen molar-refractivity contribution in [1.82, 2.24) is 24.8 Å². The third-order valence-corrected chi connectivity index (χ3v) is 7.81. The summed E-state index contributed by atoms with van der Waals surface area (Å²) in [5.74, 6) is 0.935. The number of carbonyl (C=O) groups excluding carboxylic acids is 1. The average Bonchev–Trinajstić information content (AvgIpc) is 3.47. The maximum Gasteiger partial charge on any atom is 0.220 e. The van der Waals surface area contributed by atoms with E-state index in [2.05, 4.69) is 19.9 Å². The first-order valence-corrected chi connectivity index (χ1v) is 13.1. The maximum absolute atomic E-state index is 14.4. The fourth-order valence-electron chi connectivity index (χ4n) is 4.34. The van der Waals surface area contributed by atoms with Crippen molar-refractivity contribution in [3.05, 3.63) is 60.4 Å². The summed E-state index contributed by atoms with van der Waals surface area (Å²) in [7, 11) is -3.46. The fourth-order valence-corrected chi connectivity index (χ4v) is 5.13. The molecule has 1 N–H and O–H groups in total. The number of rotatable bonds is 6. The number of imidazole rings is 1. The smallest absolute Gasteiger partial charge is 0.220 e. The predicted molar refractivity (Wildman–Crippen MR) is 131 cm³/mol. The largest absolute Gasteiger partial charge is 0.455 e. The summed E-state index contributed by atoms with van der Waals surface area (Å²) in [6, 6.07) is 11.4. The van der Waals surface area contributed by atoms with Gasteiger partial charge in [0.05, 0.1) is 35.6 Å². The van der Waals surface area contributed by atoms with Gasteiger partial charge < -0.3 is 14.6 Å². The number of sulfone groups is 1. The van der Waals surface area contributed by atoms with Gasteiger partial charge >= 0.3 is 0 Å². The van der Waals surface area contributed by atoms with Crippen LogP contribution in [0.2, 0.25) is 0 Å². The summed E-state index contributed by atoms with van der Waals surface area (Å²) < 4.78 is 44.8. The zero-order valence-electron chi connectivity index (χ0n) is 19.7. The normalized spacial score (nSPS) is 18.0. The molecule has 2 unspecified atom stereocenters. The second-order valence-electron chi connectivity index (χ2n) is 8.57. The summed E-state index contributed by atoms with van der Waals surface area (Å²) >= 11 is 0. The summed E-state index contributed by atoms with van der Waals surface area (Å²) in [4.78, 5) is 30.0. The highest BCUT2D eigenvalue weighted by atomic mass is 32.2. The molecule has 5 rings (SSSR count). The number of ether oxygens (including phenoxy) is 1. The molecule has 4 aromatic rings. The molecule has 0 radical (unpaired) electrons. The second-order valence-corrected chi connectivity index (χ2v) is 10.8. The van der Waals surface area contributed by atoms with Crippen LogP contribution in [0.3, 0.4) is 0 Å². The molecule has 3 aromatic heterocycles. The molecule has 1 fully saturated rings. The van der Waals surface area contributed by atoms with Crippen molar-refractivity contribution >= 4 is 26.8 Å². The van der Waals surface area contributed by atoms with Crippen molar-refractivity contribution in [3.63, 3.8) is 0 Å². The number of alkyl halides is 1. The lowest BCUT2D eigenvalue weighted by Gasteiger charge is -2.25. The molecule has 1 saturated heterocycles. The van der Waals surface area contributed by atoms with E-state index < -0.39 is 22.1 Å². The van der Waals surface area contributed by atoms with Crippen molar-refractivity contribution in [2.24, 2.45) is 0 Å². The minimum atomic E-state index is -3.46. The fraction of sp³-hybridized carbons (Fsp3) is 0.280. The van der Waals surface area contributed by atoms with Crippen LogP contribution < -0.4 is 4.74 Å². The lowest BCUT2D eigenvalue weighted by atomic mass is 10.0. The predicted octanol–water partition coefficient (Wildman–Crippen LogP) is 4.24. The van der Waals surface area contributed by atoms with Crippen LogP contribution in [0.25, 0.3) is 22.6 Å². The average molecular weight is 510 g/mol. The number of hydrogen-bond donors (Lipinski definition) is 1. The van der Waals surface area contributed by atoms with E-state index in [4.69, 9.17) is 4.74 Å². The van der Waals surface area contributed by atoms with Crippen LogP contribution >= 0.6 is 0 Å². The molecule has 0 spiro atoms. The van der Waals surface area contributed by atoms with Crippen molar-refractivity contribution in [1.29, 1.82) is 0 Å². The molecular weight excluding hydrogens is 485 g/mol. The van der Waals surface area contributed by atoms with E-state index in [1.165, 1.54) is 30.2 Å². The Bertz CT molecular complexity index is 1520. The molecular formula is C25H24FN5O4S. The minimum absolute atomic E-state index is 0.00473. The summed E-state index contributed by atoms with van der Waals surface area (Å²) in [6.45, 7) is 2.97. The molecule has 4 heterocycles. The maximum atomic E-state index is 14.4. The van der Waals surface area contributed by atoms with Gasteiger partial charge in [-0.15, -0.1) is 0 Å². The van der Waals surface area contributed by atoms with Gasteiger partial charge in [-0.3, -0.25) is 9.78 Å². The number of nitrogens with zero attached hydrogens (tertiary/aromatic N) is 4. The Hall–Kier alpha value is -3.86. The van der Waals surface area contributed by atoms with Crippen molar-refractivity contribution < 1.29 is 22.3 Å². The van der Waals surface area contributed by atoms with Gasteiger partial charge in [0, 0.05) is 31.2 Å². The van der Waals surface area contributed by atoms with Crippen LogP contribution in [0.1, 0.15) is 31.9 Å². The van der Waals surface area contributed by atoms with Crippen molar-refractivity contribution in [2.45, 2.75) is 37.5 Å². The van der Waals surface area contributed by atoms with Gasteiger partial charge in [0.1, 0.15) is 23.4 Å². The number of aromatic amines is 1. The van der Waals surface area contributed by atoms with Crippen LogP contribution in [-0.2, 0) is 14.6 Å². The van der Waals surface area contributed by atoms with Gasteiger partial charge in [-0.25, -0.2) is 22.8 Å². The SMILES string of the molecule is CCS(=O)(=O)c1ccc(Oc2cc3nc(-c4ccccn4)[nH]c3cc2C2CC(F)CN2C(C)=O)cn1. The van der Waals surface area contributed by atoms with Crippen molar-refractivity contribution in [2.75, 3.05) is 12.3 Å². The molecule has 2 atom stereocenters. The Labute approximate surface area is 207 Å². The number of carbonyl (C=O) groups is 1. The third-order valence-electron chi connectivity index (χ3n) is 6.17. The van der Waals surface area contributed by atoms with Crippen LogP contribution in [-0.4, -0.2) is 57.6 Å². The third kappa shape index (κ3) is 4.53. The Balaban J connectivity index is 1.59.